The lowest BCUT2D eigenvalue weighted by Crippen LogP contribution is -2.37. The topological polar surface area (TPSA) is 123 Å². The third kappa shape index (κ3) is 4.29. The molecule has 1 aliphatic rings. The second-order valence-electron chi connectivity index (χ2n) is 4.34. The first kappa shape index (κ1) is 17.0. The van der Waals surface area contributed by atoms with Gasteiger partial charge in [-0.3, -0.25) is 5.32 Å². The van der Waals surface area contributed by atoms with Crippen molar-refractivity contribution >= 4 is 39.1 Å². The van der Waals surface area contributed by atoms with Crippen molar-refractivity contribution in [3.8, 4) is 6.01 Å². The number of hydrogen-bond donors (Lipinski definition) is 2. The van der Waals surface area contributed by atoms with Gasteiger partial charge in [0.15, 0.2) is 0 Å². The van der Waals surface area contributed by atoms with E-state index in [0.717, 1.165) is 0 Å². The summed E-state index contributed by atoms with van der Waals surface area (Å²) in [6, 6.07) is -1.02. The van der Waals surface area contributed by atoms with E-state index in [1.54, 1.807) is 19.1 Å². The van der Waals surface area contributed by atoms with Gasteiger partial charge in [0.1, 0.15) is 10.7 Å². The molecule has 1 aromatic rings. The lowest BCUT2D eigenvalue weighted by Gasteiger charge is -2.12. The third-order valence-electron chi connectivity index (χ3n) is 2.61. The highest BCUT2D eigenvalue weighted by Gasteiger charge is 2.24. The zero-order valence-electron chi connectivity index (χ0n) is 12.2. The predicted molar refractivity (Wildman–Crippen MR) is 86.6 cm³/mol. The van der Waals surface area contributed by atoms with Crippen LogP contribution in [0.5, 0.6) is 6.01 Å². The van der Waals surface area contributed by atoms with E-state index in [1.165, 1.54) is 13.2 Å². The van der Waals surface area contributed by atoms with Crippen molar-refractivity contribution in [3.63, 3.8) is 0 Å². The average Bonchev–Trinajstić information content (AvgIpc) is 2.46. The van der Waals surface area contributed by atoms with Crippen molar-refractivity contribution < 1.29 is 17.9 Å². The summed E-state index contributed by atoms with van der Waals surface area (Å²) in [4.78, 5) is 23.5. The van der Waals surface area contributed by atoms with E-state index < -0.39 is 16.1 Å². The highest BCUT2D eigenvalue weighted by Crippen LogP contribution is 2.15. The zero-order valence-corrected chi connectivity index (χ0v) is 13.9. The van der Waals surface area contributed by atoms with Crippen molar-refractivity contribution in [2.75, 3.05) is 12.4 Å². The van der Waals surface area contributed by atoms with Gasteiger partial charge in [0.25, 0.3) is 10.0 Å². The molecule has 0 bridgehead atoms. The Labute approximate surface area is 137 Å². The molecule has 0 fully saturated rings. The molecule has 0 radical (unpaired) electrons. The first-order valence-corrected chi connectivity index (χ1v) is 8.21. The number of amides is 2. The van der Waals surface area contributed by atoms with Crippen LogP contribution < -0.4 is 14.8 Å². The Kier molecular flexibility index (Phi) is 5.01. The first-order chi connectivity index (χ1) is 10.8. The van der Waals surface area contributed by atoms with Crippen molar-refractivity contribution in [2.24, 2.45) is 0 Å². The minimum Gasteiger partial charge on any atom is -0.467 e. The predicted octanol–water partition coefficient (Wildman–Crippen LogP) is 0.854. The van der Waals surface area contributed by atoms with Crippen molar-refractivity contribution in [3.05, 3.63) is 29.0 Å². The first-order valence-electron chi connectivity index (χ1n) is 6.32. The Morgan fingerprint density at radius 2 is 2.09 bits per heavy atom. The standard InChI is InChI=1S/C12H13N5O4S2/c1-7-13-10(16-12(14-7)21-2)15-11(18)17-23(19,20)9-6-4-3-5-8(9)22/h3-4,6H,5H2,1-2H3,(H2,13,14,15,16,17,18). The number of nitrogens with one attached hydrogen (secondary N) is 2. The lowest BCUT2D eigenvalue weighted by molar-refractivity contribution is 0.256. The highest BCUT2D eigenvalue weighted by atomic mass is 32.2. The van der Waals surface area contributed by atoms with Crippen LogP contribution in [0.2, 0.25) is 0 Å². The number of nitrogens with zero attached hydrogens (tertiary/aromatic N) is 3. The average molecular weight is 355 g/mol. The van der Waals surface area contributed by atoms with Gasteiger partial charge in [-0.2, -0.15) is 15.0 Å². The van der Waals surface area contributed by atoms with Gasteiger partial charge in [0, 0.05) is 11.3 Å². The van der Waals surface area contributed by atoms with Gasteiger partial charge < -0.3 is 4.74 Å². The van der Waals surface area contributed by atoms with Crippen LogP contribution in [0.4, 0.5) is 10.7 Å². The maximum Gasteiger partial charge on any atom is 0.335 e. The molecule has 2 amide bonds. The second kappa shape index (κ2) is 6.79. The molecular weight excluding hydrogens is 342 g/mol. The molecule has 0 aromatic carbocycles. The van der Waals surface area contributed by atoms with E-state index in [1.807, 2.05) is 4.72 Å². The fourth-order valence-corrected chi connectivity index (χ4v) is 3.21. The summed E-state index contributed by atoms with van der Waals surface area (Å²) in [6.07, 6.45) is 4.94. The molecule has 23 heavy (non-hydrogen) atoms. The zero-order chi connectivity index (χ0) is 17.0. The van der Waals surface area contributed by atoms with E-state index >= 15 is 0 Å². The van der Waals surface area contributed by atoms with Crippen molar-refractivity contribution in [1.29, 1.82) is 0 Å². The molecule has 0 spiro atoms. The van der Waals surface area contributed by atoms with Crippen LogP contribution in [0.3, 0.4) is 0 Å². The molecule has 1 aromatic heterocycles. The normalized spacial score (nSPS) is 14.2. The number of urea groups is 1. The number of aromatic nitrogens is 3. The van der Waals surface area contributed by atoms with Crippen LogP contribution in [0, 0.1) is 6.92 Å². The van der Waals surface area contributed by atoms with Gasteiger partial charge in [0.2, 0.25) is 5.95 Å². The molecule has 122 valence electrons. The molecule has 0 atom stereocenters. The fraction of sp³-hybridized carbons (Fsp3) is 0.250. The van der Waals surface area contributed by atoms with Crippen LogP contribution in [-0.4, -0.2) is 41.4 Å². The number of anilines is 1. The number of carbonyl (C=O) groups excluding carboxylic acids is 1. The van der Waals surface area contributed by atoms with Crippen molar-refractivity contribution in [1.82, 2.24) is 19.7 Å². The molecular formula is C12H13N5O4S2. The Morgan fingerprint density at radius 1 is 1.35 bits per heavy atom. The van der Waals surface area contributed by atoms with Crippen LogP contribution >= 0.6 is 12.2 Å². The number of aryl methyl sites for hydroxylation is 1. The maximum absolute atomic E-state index is 12.1. The molecule has 0 saturated carbocycles. The highest BCUT2D eigenvalue weighted by molar-refractivity contribution is 7.97. The third-order valence-corrected chi connectivity index (χ3v) is 4.54. The molecule has 1 heterocycles. The van der Waals surface area contributed by atoms with Gasteiger partial charge in [-0.15, -0.1) is 0 Å². The lowest BCUT2D eigenvalue weighted by atomic mass is 10.2. The number of allylic oxidation sites excluding steroid dienone is 4. The number of methoxy groups -OCH3 is 1. The van der Waals surface area contributed by atoms with Gasteiger partial charge in [-0.25, -0.2) is 17.9 Å². The Bertz CT molecular complexity index is 817. The minimum atomic E-state index is -4.07. The Morgan fingerprint density at radius 3 is 2.74 bits per heavy atom. The molecule has 0 unspecified atom stereocenters. The molecule has 2 rings (SSSR count). The number of thiocarbonyl (C=S) groups is 1. The quantitative estimate of drug-likeness (QED) is 0.762. The van der Waals surface area contributed by atoms with Gasteiger partial charge in [-0.05, 0) is 13.0 Å². The maximum atomic E-state index is 12.1. The summed E-state index contributed by atoms with van der Waals surface area (Å²) in [5, 5.41) is 2.21. The molecule has 0 saturated heterocycles. The Balaban J connectivity index is 2.13. The van der Waals surface area contributed by atoms with Crippen molar-refractivity contribution in [2.45, 2.75) is 13.3 Å². The summed E-state index contributed by atoms with van der Waals surface area (Å²) in [6.45, 7) is 1.57. The summed E-state index contributed by atoms with van der Waals surface area (Å²) in [7, 11) is -2.72. The van der Waals surface area contributed by atoms with Gasteiger partial charge in [-0.1, -0.05) is 24.4 Å². The number of ether oxygens (including phenoxy) is 1. The molecule has 9 nitrogen and oxygen atoms in total. The van der Waals surface area contributed by atoms with Gasteiger partial charge >= 0.3 is 12.0 Å². The van der Waals surface area contributed by atoms with Gasteiger partial charge in [0.05, 0.1) is 7.11 Å². The molecule has 0 aliphatic heterocycles. The Hall–Kier alpha value is -2.40. The number of hydrogen-bond acceptors (Lipinski definition) is 8. The van der Waals surface area contributed by atoms with E-state index in [2.05, 4.69) is 20.3 Å². The van der Waals surface area contributed by atoms with Crippen LogP contribution in [0.25, 0.3) is 0 Å². The largest absolute Gasteiger partial charge is 0.467 e. The SMILES string of the molecule is COc1nc(C)nc(NC(=O)NS(=O)(=O)C2=CC=CCC2=S)n1. The summed E-state index contributed by atoms with van der Waals surface area (Å²) in [5.41, 5.74) is 0. The van der Waals surface area contributed by atoms with E-state index in [0.29, 0.717) is 12.2 Å². The summed E-state index contributed by atoms with van der Waals surface area (Å²) < 4.78 is 31.0. The molecule has 2 N–H and O–H groups in total. The van der Waals surface area contributed by atoms with Crippen LogP contribution in [0.15, 0.2) is 23.1 Å². The number of carbonyl (C=O) groups is 1. The monoisotopic (exact) mass is 355 g/mol. The van der Waals surface area contributed by atoms with Crippen LogP contribution in [-0.2, 0) is 10.0 Å². The fourth-order valence-electron chi connectivity index (χ4n) is 1.67. The second-order valence-corrected chi connectivity index (χ2v) is 6.48. The van der Waals surface area contributed by atoms with E-state index in [9.17, 15) is 13.2 Å². The molecule has 11 heteroatoms. The minimum absolute atomic E-state index is 0.00281. The summed E-state index contributed by atoms with van der Waals surface area (Å²) in [5.74, 6) is 0.165. The number of rotatable bonds is 4. The number of sulfonamides is 1. The van der Waals surface area contributed by atoms with E-state index in [-0.39, 0.29) is 21.7 Å². The summed E-state index contributed by atoms with van der Waals surface area (Å²) >= 11 is 4.99. The smallest absolute Gasteiger partial charge is 0.335 e. The van der Waals surface area contributed by atoms with Crippen LogP contribution in [0.1, 0.15) is 12.2 Å². The molecule has 1 aliphatic carbocycles. The van der Waals surface area contributed by atoms with E-state index in [4.69, 9.17) is 17.0 Å².